The first-order valence-corrected chi connectivity index (χ1v) is 15.0. The van der Waals surface area contributed by atoms with Crippen LogP contribution in [-0.4, -0.2) is 47.2 Å². The molecule has 210 valence electrons. The maximum atomic E-state index is 11.9. The van der Waals surface area contributed by atoms with Crippen LogP contribution in [0.4, 0.5) is 0 Å². The molecule has 0 amide bonds. The second-order valence-corrected chi connectivity index (χ2v) is 15.0. The maximum Gasteiger partial charge on any atom is 0.302 e. The Balaban J connectivity index is 1.53. The number of esters is 1. The van der Waals surface area contributed by atoms with E-state index in [1.54, 1.807) is 0 Å². The molecule has 0 bridgehead atoms. The molecule has 5 fully saturated rings. The summed E-state index contributed by atoms with van der Waals surface area (Å²) >= 11 is 0. The van der Waals surface area contributed by atoms with Gasteiger partial charge in [-0.2, -0.15) is 0 Å². The van der Waals surface area contributed by atoms with Crippen LogP contribution < -0.4 is 0 Å². The van der Waals surface area contributed by atoms with Gasteiger partial charge in [0, 0.05) is 17.8 Å². The Bertz CT molecular complexity index is 932. The van der Waals surface area contributed by atoms with Gasteiger partial charge in [-0.25, -0.2) is 0 Å². The van der Waals surface area contributed by atoms with Gasteiger partial charge in [0.2, 0.25) is 0 Å². The van der Waals surface area contributed by atoms with Crippen molar-refractivity contribution >= 4 is 5.97 Å². The molecule has 3 unspecified atom stereocenters. The minimum atomic E-state index is -0.424. The molecule has 5 heteroatoms. The van der Waals surface area contributed by atoms with Gasteiger partial charge in [-0.3, -0.25) is 4.79 Å². The highest BCUT2D eigenvalue weighted by atomic mass is 16.5. The van der Waals surface area contributed by atoms with Gasteiger partial charge in [0.25, 0.3) is 0 Å². The fourth-order valence-electron chi connectivity index (χ4n) is 11.8. The van der Waals surface area contributed by atoms with Crippen molar-refractivity contribution in [3.63, 3.8) is 0 Å². The number of aliphatic hydroxyl groups is 3. The molecule has 0 heterocycles. The van der Waals surface area contributed by atoms with Gasteiger partial charge in [0.1, 0.15) is 0 Å². The number of hydrogen-bond acceptors (Lipinski definition) is 5. The fraction of sp³-hybridized carbons (Fsp3) is 0.906. The molecule has 37 heavy (non-hydrogen) atoms. The van der Waals surface area contributed by atoms with Crippen molar-refractivity contribution in [2.45, 2.75) is 105 Å². The zero-order valence-corrected chi connectivity index (χ0v) is 24.0. The van der Waals surface area contributed by atoms with Gasteiger partial charge in [0.15, 0.2) is 0 Å². The summed E-state index contributed by atoms with van der Waals surface area (Å²) in [6.07, 6.45) is 10.3. The van der Waals surface area contributed by atoms with Crippen molar-refractivity contribution in [3.8, 4) is 0 Å². The topological polar surface area (TPSA) is 87.0 Å². The van der Waals surface area contributed by atoms with Crippen LogP contribution in [-0.2, 0) is 9.53 Å². The average Bonchev–Trinajstić information content (AvgIpc) is 3.25. The molecule has 0 aromatic carbocycles. The molecule has 0 spiro atoms. The zero-order chi connectivity index (χ0) is 27.0. The van der Waals surface area contributed by atoms with Gasteiger partial charge in [-0.1, -0.05) is 34.3 Å². The molecule has 0 aromatic rings. The number of carbonyl (C=O) groups excluding carboxylic acids is 1. The molecule has 0 aliphatic heterocycles. The highest BCUT2D eigenvalue weighted by molar-refractivity contribution is 5.65. The Hall–Kier alpha value is -0.910. The second kappa shape index (κ2) is 9.06. The number of carbonyl (C=O) groups is 1. The third-order valence-corrected chi connectivity index (χ3v) is 14.0. The van der Waals surface area contributed by atoms with E-state index in [0.717, 1.165) is 56.9 Å². The van der Waals surface area contributed by atoms with Gasteiger partial charge in [-0.15, -0.1) is 0 Å². The molecule has 5 saturated carbocycles. The molecule has 5 rings (SSSR count). The quantitative estimate of drug-likeness (QED) is 0.331. The molecular weight excluding hydrogens is 464 g/mol. The number of fused-ring (bicyclic) bond motifs is 7. The standard InChI is InChI=1S/C32H52O5/c1-20(17-33)22-9-14-32(19-37-21(2)35)16-15-30(5)23(27(22)32)7-8-25-28(3)12-11-26(36)29(4,18-34)24(28)10-13-31(25,30)6/h22-27,33-34,36H,1,7-19H2,2-6H3/t22-,23?,24+,25?,26-,27?,28-,29-,30+,31+,32+/m0/s1. The number of ether oxygens (including phenoxy) is 1. The lowest BCUT2D eigenvalue weighted by Gasteiger charge is -2.73. The van der Waals surface area contributed by atoms with Crippen LogP contribution in [0.1, 0.15) is 98.8 Å². The molecule has 5 aliphatic rings. The number of rotatable bonds is 5. The van der Waals surface area contributed by atoms with Crippen molar-refractivity contribution in [3.05, 3.63) is 12.2 Å². The summed E-state index contributed by atoms with van der Waals surface area (Å²) in [5.74, 6) is 1.92. The van der Waals surface area contributed by atoms with E-state index in [4.69, 9.17) is 4.74 Å². The normalized spacial score (nSPS) is 52.9. The van der Waals surface area contributed by atoms with Crippen molar-refractivity contribution in [2.24, 2.45) is 56.7 Å². The molecule has 5 aliphatic carbocycles. The first kappa shape index (κ1) is 27.6. The molecule has 5 nitrogen and oxygen atoms in total. The third kappa shape index (κ3) is 3.62. The van der Waals surface area contributed by atoms with E-state index < -0.39 is 11.5 Å². The van der Waals surface area contributed by atoms with Crippen molar-refractivity contribution in [2.75, 3.05) is 19.8 Å². The Kier molecular flexibility index (Phi) is 6.77. The van der Waals surface area contributed by atoms with Crippen molar-refractivity contribution < 1.29 is 24.9 Å². The smallest absolute Gasteiger partial charge is 0.302 e. The van der Waals surface area contributed by atoms with Crippen LogP contribution in [0.2, 0.25) is 0 Å². The second-order valence-electron chi connectivity index (χ2n) is 15.0. The monoisotopic (exact) mass is 516 g/mol. The van der Waals surface area contributed by atoms with E-state index in [9.17, 15) is 20.1 Å². The van der Waals surface area contributed by atoms with Gasteiger partial charge < -0.3 is 20.1 Å². The Morgan fingerprint density at radius 1 is 0.892 bits per heavy atom. The van der Waals surface area contributed by atoms with Crippen LogP contribution in [0.15, 0.2) is 12.2 Å². The first-order chi connectivity index (χ1) is 17.3. The van der Waals surface area contributed by atoms with E-state index in [2.05, 4.69) is 34.3 Å². The maximum absolute atomic E-state index is 11.9. The minimum Gasteiger partial charge on any atom is -0.465 e. The first-order valence-electron chi connectivity index (χ1n) is 15.0. The van der Waals surface area contributed by atoms with E-state index in [-0.39, 0.29) is 40.8 Å². The van der Waals surface area contributed by atoms with E-state index >= 15 is 0 Å². The lowest BCUT2D eigenvalue weighted by Crippen LogP contribution is -2.67. The summed E-state index contributed by atoms with van der Waals surface area (Å²) < 4.78 is 5.75. The Morgan fingerprint density at radius 3 is 2.27 bits per heavy atom. The van der Waals surface area contributed by atoms with Crippen LogP contribution in [0.5, 0.6) is 0 Å². The van der Waals surface area contributed by atoms with Gasteiger partial charge in [-0.05, 0) is 116 Å². The molecule has 3 N–H and O–H groups in total. The highest BCUT2D eigenvalue weighted by Gasteiger charge is 2.71. The third-order valence-electron chi connectivity index (χ3n) is 14.0. The van der Waals surface area contributed by atoms with Crippen LogP contribution in [0, 0.1) is 56.7 Å². The number of aliphatic hydroxyl groups excluding tert-OH is 3. The lowest BCUT2D eigenvalue weighted by atomic mass is 9.32. The highest BCUT2D eigenvalue weighted by Crippen LogP contribution is 2.77. The molecule has 0 saturated heterocycles. The van der Waals surface area contributed by atoms with E-state index in [1.807, 2.05) is 0 Å². The van der Waals surface area contributed by atoms with E-state index in [1.165, 1.54) is 19.8 Å². The Labute approximate surface area is 224 Å². The zero-order valence-electron chi connectivity index (χ0n) is 24.0. The summed E-state index contributed by atoms with van der Waals surface area (Å²) in [6.45, 7) is 16.2. The Morgan fingerprint density at radius 2 is 1.62 bits per heavy atom. The fourth-order valence-corrected chi connectivity index (χ4v) is 11.8. The number of hydrogen-bond donors (Lipinski definition) is 3. The van der Waals surface area contributed by atoms with Gasteiger partial charge >= 0.3 is 5.97 Å². The van der Waals surface area contributed by atoms with E-state index in [0.29, 0.717) is 36.2 Å². The molecule has 11 atom stereocenters. The molecule has 0 radical (unpaired) electrons. The summed E-state index contributed by atoms with van der Waals surface area (Å²) in [5.41, 5.74) is 0.996. The predicted molar refractivity (Wildman–Crippen MR) is 144 cm³/mol. The minimum absolute atomic E-state index is 0.00661. The predicted octanol–water partition coefficient (Wildman–Crippen LogP) is 5.51. The summed E-state index contributed by atoms with van der Waals surface area (Å²) in [4.78, 5) is 11.9. The largest absolute Gasteiger partial charge is 0.465 e. The van der Waals surface area contributed by atoms with Crippen LogP contribution >= 0.6 is 0 Å². The van der Waals surface area contributed by atoms with Crippen LogP contribution in [0.25, 0.3) is 0 Å². The lowest BCUT2D eigenvalue weighted by molar-refractivity contribution is -0.255. The summed E-state index contributed by atoms with van der Waals surface area (Å²) in [7, 11) is 0. The summed E-state index contributed by atoms with van der Waals surface area (Å²) in [5, 5.41) is 31.6. The summed E-state index contributed by atoms with van der Waals surface area (Å²) in [6, 6.07) is 0. The van der Waals surface area contributed by atoms with Gasteiger partial charge in [0.05, 0.1) is 25.9 Å². The van der Waals surface area contributed by atoms with Crippen LogP contribution in [0.3, 0.4) is 0 Å². The molecular formula is C32H52O5. The molecule has 0 aromatic heterocycles. The van der Waals surface area contributed by atoms with Crippen molar-refractivity contribution in [1.82, 2.24) is 0 Å². The SMILES string of the molecule is C=C(CO)[C@@H]1CC[C@]2(COC(C)=O)CC[C@]3(C)C(CCC4[C@@]5(C)CC[C@H](O)[C@@](C)(CO)[C@@H]5CC[C@]43C)C12. The van der Waals surface area contributed by atoms with Crippen molar-refractivity contribution in [1.29, 1.82) is 0 Å². The average molecular weight is 517 g/mol.